The Morgan fingerprint density at radius 1 is 1.28 bits per heavy atom. The maximum absolute atomic E-state index is 13.1. The van der Waals surface area contributed by atoms with E-state index in [0.29, 0.717) is 6.42 Å². The van der Waals surface area contributed by atoms with Crippen molar-refractivity contribution in [1.29, 1.82) is 0 Å². The fraction of sp³-hybridized carbons (Fsp3) is 0.556. The van der Waals surface area contributed by atoms with E-state index < -0.39 is 36.1 Å². The maximum atomic E-state index is 13.1. The van der Waals surface area contributed by atoms with E-state index in [2.05, 4.69) is 5.32 Å². The molecule has 7 heteroatoms. The minimum absolute atomic E-state index is 0.241. The predicted molar refractivity (Wildman–Crippen MR) is 91.7 cm³/mol. The minimum atomic E-state index is -1.26. The van der Waals surface area contributed by atoms with Crippen molar-refractivity contribution in [2.75, 3.05) is 0 Å². The Labute approximate surface area is 147 Å². The standard InChI is InChI=1S/C18H26N2O5/c1-11(2)14(19-17(23)24)15(21)20-13(16(22)25-18(20,3)4)10-12-8-6-5-7-9-12/h5-9,11,13-14,16,19,22H,10H2,1-4H3,(H,23,24). The molecule has 3 atom stereocenters. The number of nitrogens with zero attached hydrogens (tertiary/aromatic N) is 1. The molecule has 1 saturated heterocycles. The highest BCUT2D eigenvalue weighted by atomic mass is 16.6. The molecule has 1 aromatic rings. The molecule has 3 N–H and O–H groups in total. The van der Waals surface area contributed by atoms with Crippen LogP contribution in [0.1, 0.15) is 33.3 Å². The third kappa shape index (κ3) is 4.29. The van der Waals surface area contributed by atoms with Crippen LogP contribution in [0.5, 0.6) is 0 Å². The van der Waals surface area contributed by atoms with Gasteiger partial charge >= 0.3 is 6.09 Å². The number of aliphatic hydroxyl groups excluding tert-OH is 1. The minimum Gasteiger partial charge on any atom is -0.465 e. The summed E-state index contributed by atoms with van der Waals surface area (Å²) in [5.74, 6) is -0.644. The molecular formula is C18H26N2O5. The number of carboxylic acid groups (broad SMARTS) is 1. The Bertz CT molecular complexity index is 617. The van der Waals surface area contributed by atoms with E-state index in [1.807, 2.05) is 30.3 Å². The average molecular weight is 350 g/mol. The average Bonchev–Trinajstić information content (AvgIpc) is 2.73. The van der Waals surface area contributed by atoms with Gasteiger partial charge in [-0.3, -0.25) is 4.79 Å². The molecule has 0 saturated carbocycles. The van der Waals surface area contributed by atoms with Crippen molar-refractivity contribution < 1.29 is 24.5 Å². The number of hydrogen-bond acceptors (Lipinski definition) is 4. The van der Waals surface area contributed by atoms with E-state index in [1.165, 1.54) is 4.90 Å². The zero-order valence-electron chi connectivity index (χ0n) is 15.0. The van der Waals surface area contributed by atoms with Crippen molar-refractivity contribution in [2.45, 2.75) is 58.2 Å². The molecule has 3 unspecified atom stereocenters. The Morgan fingerprint density at radius 2 is 1.88 bits per heavy atom. The van der Waals surface area contributed by atoms with Crippen LogP contribution in [0.2, 0.25) is 0 Å². The van der Waals surface area contributed by atoms with Crippen LogP contribution < -0.4 is 5.32 Å². The number of ether oxygens (including phenoxy) is 1. The largest absolute Gasteiger partial charge is 0.465 e. The Hall–Kier alpha value is -2.12. The monoisotopic (exact) mass is 350 g/mol. The van der Waals surface area contributed by atoms with Gasteiger partial charge in [-0.1, -0.05) is 44.2 Å². The number of amides is 2. The number of aliphatic hydroxyl groups is 1. The van der Waals surface area contributed by atoms with Crippen molar-refractivity contribution >= 4 is 12.0 Å². The van der Waals surface area contributed by atoms with Gasteiger partial charge in [0.05, 0.1) is 6.04 Å². The first-order chi connectivity index (χ1) is 11.6. The molecule has 2 amide bonds. The third-order valence-electron chi connectivity index (χ3n) is 4.39. The second-order valence-corrected chi connectivity index (χ2v) is 7.09. The number of nitrogens with one attached hydrogen (secondary N) is 1. The van der Waals surface area contributed by atoms with Crippen LogP contribution in [0.4, 0.5) is 4.79 Å². The van der Waals surface area contributed by atoms with Crippen molar-refractivity contribution in [1.82, 2.24) is 10.2 Å². The van der Waals surface area contributed by atoms with E-state index in [1.54, 1.807) is 27.7 Å². The van der Waals surface area contributed by atoms with Crippen LogP contribution in [0, 0.1) is 5.92 Å². The highest BCUT2D eigenvalue weighted by Gasteiger charge is 2.51. The summed E-state index contributed by atoms with van der Waals surface area (Å²) < 4.78 is 5.59. The van der Waals surface area contributed by atoms with Gasteiger partial charge in [0.15, 0.2) is 6.29 Å². The number of carbonyl (C=O) groups is 2. The molecule has 0 radical (unpaired) electrons. The summed E-state index contributed by atoms with van der Waals surface area (Å²) in [6.07, 6.45) is -1.99. The molecule has 1 aromatic carbocycles. The van der Waals surface area contributed by atoms with Crippen molar-refractivity contribution in [3.63, 3.8) is 0 Å². The lowest BCUT2D eigenvalue weighted by Gasteiger charge is -2.37. The molecule has 0 aliphatic carbocycles. The zero-order chi connectivity index (χ0) is 18.8. The molecule has 1 aliphatic rings. The van der Waals surface area contributed by atoms with Gasteiger partial charge in [-0.2, -0.15) is 0 Å². The van der Waals surface area contributed by atoms with Gasteiger partial charge in [-0.15, -0.1) is 0 Å². The number of carbonyl (C=O) groups excluding carboxylic acids is 1. The van der Waals surface area contributed by atoms with Crippen molar-refractivity contribution in [3.8, 4) is 0 Å². The lowest BCUT2D eigenvalue weighted by molar-refractivity contribution is -0.160. The van der Waals surface area contributed by atoms with Gasteiger partial charge in [0.25, 0.3) is 0 Å². The summed E-state index contributed by atoms with van der Waals surface area (Å²) in [7, 11) is 0. The van der Waals surface area contributed by atoms with Crippen molar-refractivity contribution in [2.24, 2.45) is 5.92 Å². The fourth-order valence-electron chi connectivity index (χ4n) is 3.23. The molecule has 1 aliphatic heterocycles. The topological polar surface area (TPSA) is 99.1 Å². The van der Waals surface area contributed by atoms with E-state index in [9.17, 15) is 14.7 Å². The number of rotatable bonds is 5. The molecule has 0 aromatic heterocycles. The fourth-order valence-corrected chi connectivity index (χ4v) is 3.23. The second kappa shape index (κ2) is 7.41. The Kier molecular flexibility index (Phi) is 5.69. The van der Waals surface area contributed by atoms with Crippen LogP contribution in [-0.4, -0.2) is 51.2 Å². The Balaban J connectivity index is 2.31. The SMILES string of the molecule is CC(C)C(NC(=O)O)C(=O)N1C(Cc2ccccc2)C(O)OC1(C)C. The van der Waals surface area contributed by atoms with E-state index in [0.717, 1.165) is 5.56 Å². The molecule has 2 rings (SSSR count). The third-order valence-corrected chi connectivity index (χ3v) is 4.39. The van der Waals surface area contributed by atoms with Gasteiger partial charge in [0.2, 0.25) is 5.91 Å². The summed E-state index contributed by atoms with van der Waals surface area (Å²) >= 11 is 0. The molecule has 138 valence electrons. The molecule has 1 heterocycles. The lowest BCUT2D eigenvalue weighted by Crippen LogP contribution is -2.58. The quantitative estimate of drug-likeness (QED) is 0.752. The molecule has 0 spiro atoms. The van der Waals surface area contributed by atoms with Gasteiger partial charge in [0.1, 0.15) is 11.8 Å². The first kappa shape index (κ1) is 19.2. The van der Waals surface area contributed by atoms with Crippen LogP contribution in [0.3, 0.4) is 0 Å². The summed E-state index contributed by atoms with van der Waals surface area (Å²) in [5, 5.41) is 21.7. The first-order valence-electron chi connectivity index (χ1n) is 8.36. The molecule has 1 fully saturated rings. The lowest BCUT2D eigenvalue weighted by atomic mass is 9.98. The van der Waals surface area contributed by atoms with E-state index in [4.69, 9.17) is 9.84 Å². The van der Waals surface area contributed by atoms with Crippen LogP contribution >= 0.6 is 0 Å². The van der Waals surface area contributed by atoms with Gasteiger partial charge in [-0.05, 0) is 31.7 Å². The first-order valence-corrected chi connectivity index (χ1v) is 8.36. The summed E-state index contributed by atoms with van der Waals surface area (Å²) in [6.45, 7) is 6.92. The summed E-state index contributed by atoms with van der Waals surface area (Å²) in [5.41, 5.74) is -0.0820. The summed E-state index contributed by atoms with van der Waals surface area (Å²) in [4.78, 5) is 25.6. The van der Waals surface area contributed by atoms with Gasteiger partial charge in [-0.25, -0.2) is 4.79 Å². The predicted octanol–water partition coefficient (Wildman–Crippen LogP) is 1.80. The smallest absolute Gasteiger partial charge is 0.405 e. The molecule has 25 heavy (non-hydrogen) atoms. The van der Waals surface area contributed by atoms with Crippen LogP contribution in [0.15, 0.2) is 30.3 Å². The van der Waals surface area contributed by atoms with E-state index >= 15 is 0 Å². The molecular weight excluding hydrogens is 324 g/mol. The molecule has 0 bridgehead atoms. The number of hydrogen-bond donors (Lipinski definition) is 3. The number of benzene rings is 1. The zero-order valence-corrected chi connectivity index (χ0v) is 15.0. The normalized spacial score (nSPS) is 23.5. The van der Waals surface area contributed by atoms with Crippen LogP contribution in [-0.2, 0) is 16.0 Å². The van der Waals surface area contributed by atoms with Crippen molar-refractivity contribution in [3.05, 3.63) is 35.9 Å². The van der Waals surface area contributed by atoms with Gasteiger partial charge in [0, 0.05) is 0 Å². The second-order valence-electron chi connectivity index (χ2n) is 7.09. The highest BCUT2D eigenvalue weighted by molar-refractivity contribution is 5.86. The van der Waals surface area contributed by atoms with E-state index in [-0.39, 0.29) is 5.92 Å². The Morgan fingerprint density at radius 3 is 2.40 bits per heavy atom. The summed E-state index contributed by atoms with van der Waals surface area (Å²) in [6, 6.07) is 7.98. The maximum Gasteiger partial charge on any atom is 0.405 e. The van der Waals surface area contributed by atoms with Crippen LogP contribution in [0.25, 0.3) is 0 Å². The molecule has 7 nitrogen and oxygen atoms in total. The van der Waals surface area contributed by atoms with Gasteiger partial charge < -0.3 is 25.2 Å². The highest BCUT2D eigenvalue weighted by Crippen LogP contribution is 2.34.